The average molecular weight is 347 g/mol. The lowest BCUT2D eigenvalue weighted by Crippen LogP contribution is -2.34. The highest BCUT2D eigenvalue weighted by Crippen LogP contribution is 2.19. The molecule has 0 aliphatic carbocycles. The van der Waals surface area contributed by atoms with E-state index in [1.165, 1.54) is 0 Å². The van der Waals surface area contributed by atoms with Crippen molar-refractivity contribution < 1.29 is 9.53 Å². The first-order chi connectivity index (χ1) is 12.7. The molecule has 5 heteroatoms. The molecule has 0 saturated heterocycles. The second-order valence-electron chi connectivity index (χ2n) is 5.90. The predicted molar refractivity (Wildman–Crippen MR) is 106 cm³/mol. The molecule has 3 aromatic rings. The number of methoxy groups -OCH3 is 1. The van der Waals surface area contributed by atoms with Crippen LogP contribution in [0.3, 0.4) is 0 Å². The third-order valence-corrected chi connectivity index (χ3v) is 4.04. The van der Waals surface area contributed by atoms with Crippen molar-refractivity contribution in [3.8, 4) is 5.75 Å². The Morgan fingerprint density at radius 2 is 1.77 bits per heavy atom. The smallest absolute Gasteiger partial charge is 0.262 e. The van der Waals surface area contributed by atoms with Gasteiger partial charge in [-0.3, -0.25) is 4.79 Å². The number of carbonyl (C=O) groups is 1. The summed E-state index contributed by atoms with van der Waals surface area (Å²) in [5.74, 6) is 0.483. The van der Waals surface area contributed by atoms with Gasteiger partial charge in [0, 0.05) is 11.3 Å². The molecule has 0 spiro atoms. The monoisotopic (exact) mass is 347 g/mol. The Labute approximate surface area is 152 Å². The summed E-state index contributed by atoms with van der Waals surface area (Å²) in [7, 11) is 1.60. The number of anilines is 1. The van der Waals surface area contributed by atoms with Crippen LogP contribution in [0.25, 0.3) is 10.8 Å². The number of hydrogen-bond donors (Lipinski definition) is 2. The summed E-state index contributed by atoms with van der Waals surface area (Å²) in [6.45, 7) is 1.79. The molecule has 5 nitrogen and oxygen atoms in total. The van der Waals surface area contributed by atoms with Crippen molar-refractivity contribution in [2.45, 2.75) is 13.0 Å². The van der Waals surface area contributed by atoms with Crippen LogP contribution in [0.2, 0.25) is 0 Å². The van der Waals surface area contributed by atoms with Crippen molar-refractivity contribution in [2.75, 3.05) is 12.4 Å². The number of amides is 1. The number of fused-ring (bicyclic) bond motifs is 1. The zero-order valence-electron chi connectivity index (χ0n) is 14.8. The fourth-order valence-corrected chi connectivity index (χ4v) is 2.63. The van der Waals surface area contributed by atoms with Crippen LogP contribution in [-0.2, 0) is 4.79 Å². The molecule has 1 amide bonds. The van der Waals surface area contributed by atoms with Gasteiger partial charge in [0.05, 0.1) is 13.3 Å². The van der Waals surface area contributed by atoms with Crippen molar-refractivity contribution in [1.82, 2.24) is 5.43 Å². The van der Waals surface area contributed by atoms with E-state index in [-0.39, 0.29) is 5.91 Å². The van der Waals surface area contributed by atoms with Crippen LogP contribution in [0.15, 0.2) is 71.8 Å². The number of para-hydroxylation sites is 1. The summed E-state index contributed by atoms with van der Waals surface area (Å²) < 4.78 is 5.25. The highest BCUT2D eigenvalue weighted by Gasteiger charge is 2.12. The second kappa shape index (κ2) is 8.16. The largest absolute Gasteiger partial charge is 0.496 e. The third-order valence-electron chi connectivity index (χ3n) is 4.04. The second-order valence-corrected chi connectivity index (χ2v) is 5.90. The molecule has 0 heterocycles. The first-order valence-electron chi connectivity index (χ1n) is 8.38. The molecule has 3 rings (SSSR count). The first-order valence-corrected chi connectivity index (χ1v) is 8.38. The fraction of sp³-hybridized carbons (Fsp3) is 0.143. The van der Waals surface area contributed by atoms with Gasteiger partial charge in [-0.25, -0.2) is 5.43 Å². The molecule has 0 radical (unpaired) electrons. The number of hydrazone groups is 1. The van der Waals surface area contributed by atoms with Gasteiger partial charge in [-0.2, -0.15) is 5.10 Å². The maximum atomic E-state index is 12.2. The highest BCUT2D eigenvalue weighted by molar-refractivity contribution is 5.89. The van der Waals surface area contributed by atoms with Crippen molar-refractivity contribution in [1.29, 1.82) is 0 Å². The fourth-order valence-electron chi connectivity index (χ4n) is 2.63. The Morgan fingerprint density at radius 3 is 2.58 bits per heavy atom. The Morgan fingerprint density at radius 1 is 1.04 bits per heavy atom. The minimum absolute atomic E-state index is 0.218. The molecular formula is C21H21N3O2. The zero-order valence-corrected chi connectivity index (χ0v) is 14.8. The van der Waals surface area contributed by atoms with Gasteiger partial charge in [0.25, 0.3) is 5.91 Å². The van der Waals surface area contributed by atoms with Crippen LogP contribution in [-0.4, -0.2) is 25.3 Å². The molecule has 0 aromatic heterocycles. The van der Waals surface area contributed by atoms with E-state index in [4.69, 9.17) is 4.74 Å². The lowest BCUT2D eigenvalue weighted by molar-refractivity contribution is -0.121. The summed E-state index contributed by atoms with van der Waals surface area (Å²) in [5.41, 5.74) is 4.24. The molecule has 26 heavy (non-hydrogen) atoms. The SMILES string of the molecule is COc1ccccc1/C=N\NC(=O)[C@H](C)Nc1ccc2ccccc2c1. The molecule has 3 aromatic carbocycles. The van der Waals surface area contributed by atoms with Crippen molar-refractivity contribution in [3.05, 3.63) is 72.3 Å². The van der Waals surface area contributed by atoms with E-state index in [2.05, 4.69) is 21.9 Å². The summed E-state index contributed by atoms with van der Waals surface area (Å²) in [5, 5.41) is 9.50. The Balaban J connectivity index is 1.61. The normalized spacial score (nSPS) is 12.1. The average Bonchev–Trinajstić information content (AvgIpc) is 2.68. The molecule has 0 aliphatic heterocycles. The van der Waals surface area contributed by atoms with E-state index in [0.717, 1.165) is 22.0 Å². The van der Waals surface area contributed by atoms with Crippen LogP contribution < -0.4 is 15.5 Å². The molecular weight excluding hydrogens is 326 g/mol. The number of benzene rings is 3. The number of rotatable bonds is 6. The molecule has 0 aliphatic rings. The molecule has 2 N–H and O–H groups in total. The Bertz CT molecular complexity index is 937. The molecule has 132 valence electrons. The highest BCUT2D eigenvalue weighted by atomic mass is 16.5. The van der Waals surface area contributed by atoms with E-state index in [1.807, 2.05) is 60.7 Å². The van der Waals surface area contributed by atoms with E-state index >= 15 is 0 Å². The van der Waals surface area contributed by atoms with Crippen molar-refractivity contribution in [2.24, 2.45) is 5.10 Å². The van der Waals surface area contributed by atoms with E-state index in [9.17, 15) is 4.79 Å². The maximum absolute atomic E-state index is 12.2. The lowest BCUT2D eigenvalue weighted by Gasteiger charge is -2.14. The molecule has 0 saturated carbocycles. The van der Waals surface area contributed by atoms with Crippen LogP contribution >= 0.6 is 0 Å². The lowest BCUT2D eigenvalue weighted by atomic mass is 10.1. The van der Waals surface area contributed by atoms with Gasteiger partial charge in [-0.1, -0.05) is 42.5 Å². The summed E-state index contributed by atoms with van der Waals surface area (Å²) in [4.78, 5) is 12.2. The third kappa shape index (κ3) is 4.19. The number of nitrogens with one attached hydrogen (secondary N) is 2. The Kier molecular flexibility index (Phi) is 5.49. The number of nitrogens with zero attached hydrogens (tertiary/aromatic N) is 1. The summed E-state index contributed by atoms with van der Waals surface area (Å²) >= 11 is 0. The van der Waals surface area contributed by atoms with E-state index in [1.54, 1.807) is 20.2 Å². The maximum Gasteiger partial charge on any atom is 0.262 e. The standard InChI is InChI=1S/C21H21N3O2/c1-15(23-19-12-11-16-7-3-4-8-17(16)13-19)21(25)24-22-14-18-9-5-6-10-20(18)26-2/h3-15,23H,1-2H3,(H,24,25)/b22-14-/t15-/m0/s1. The number of ether oxygens (including phenoxy) is 1. The Hall–Kier alpha value is -3.34. The van der Waals surface area contributed by atoms with Crippen LogP contribution in [0.4, 0.5) is 5.69 Å². The van der Waals surface area contributed by atoms with Gasteiger partial charge in [-0.15, -0.1) is 0 Å². The number of carbonyl (C=O) groups excluding carboxylic acids is 1. The van der Waals surface area contributed by atoms with Crippen molar-refractivity contribution >= 4 is 28.6 Å². The van der Waals surface area contributed by atoms with E-state index in [0.29, 0.717) is 5.75 Å². The van der Waals surface area contributed by atoms with Gasteiger partial charge in [-0.05, 0) is 42.0 Å². The minimum atomic E-state index is -0.425. The molecule has 0 bridgehead atoms. The van der Waals surface area contributed by atoms with Gasteiger partial charge >= 0.3 is 0 Å². The van der Waals surface area contributed by atoms with Crippen LogP contribution in [0.1, 0.15) is 12.5 Å². The quantitative estimate of drug-likeness (QED) is 0.527. The van der Waals surface area contributed by atoms with Crippen LogP contribution in [0, 0.1) is 0 Å². The van der Waals surface area contributed by atoms with E-state index < -0.39 is 6.04 Å². The predicted octanol–water partition coefficient (Wildman–Crippen LogP) is 3.80. The van der Waals surface area contributed by atoms with Gasteiger partial charge in [0.1, 0.15) is 11.8 Å². The van der Waals surface area contributed by atoms with Crippen molar-refractivity contribution in [3.63, 3.8) is 0 Å². The molecule has 1 atom stereocenters. The first kappa shape index (κ1) is 17.5. The van der Waals surface area contributed by atoms with Crippen LogP contribution in [0.5, 0.6) is 5.75 Å². The molecule has 0 fully saturated rings. The number of hydrogen-bond acceptors (Lipinski definition) is 4. The molecule has 0 unspecified atom stereocenters. The zero-order chi connectivity index (χ0) is 18.4. The summed E-state index contributed by atoms with van der Waals surface area (Å²) in [6, 6.07) is 21.2. The van der Waals surface area contributed by atoms with Gasteiger partial charge < -0.3 is 10.1 Å². The topological polar surface area (TPSA) is 62.7 Å². The summed E-state index contributed by atoms with van der Waals surface area (Å²) in [6.07, 6.45) is 1.57. The van der Waals surface area contributed by atoms with Gasteiger partial charge in [0.2, 0.25) is 0 Å². The van der Waals surface area contributed by atoms with Gasteiger partial charge in [0.15, 0.2) is 0 Å². The minimum Gasteiger partial charge on any atom is -0.496 e.